The third-order valence-corrected chi connectivity index (χ3v) is 9.48. The minimum absolute atomic E-state index is 0.0702. The quantitative estimate of drug-likeness (QED) is 0.572. The van der Waals surface area contributed by atoms with E-state index in [-0.39, 0.29) is 22.6 Å². The molecule has 1 aromatic carbocycles. The van der Waals surface area contributed by atoms with Gasteiger partial charge in [0.2, 0.25) is 10.0 Å². The van der Waals surface area contributed by atoms with Crippen molar-refractivity contribution in [2.45, 2.75) is 55.9 Å². The summed E-state index contributed by atoms with van der Waals surface area (Å²) >= 11 is 0. The molecule has 2 aliphatic heterocycles. The first-order valence-corrected chi connectivity index (χ1v) is 13.8. The lowest BCUT2D eigenvalue weighted by atomic mass is 9.89. The first-order chi connectivity index (χ1) is 16.9. The van der Waals surface area contributed by atoms with Crippen molar-refractivity contribution in [2.24, 2.45) is 0 Å². The van der Waals surface area contributed by atoms with Gasteiger partial charge in [0.1, 0.15) is 16.3 Å². The molecule has 2 aliphatic rings. The van der Waals surface area contributed by atoms with Crippen LogP contribution >= 0.6 is 0 Å². The molecule has 0 bridgehead atoms. The highest BCUT2D eigenvalue weighted by Gasteiger charge is 2.34. The molecule has 186 valence electrons. The van der Waals surface area contributed by atoms with E-state index >= 15 is 0 Å². The summed E-state index contributed by atoms with van der Waals surface area (Å²) in [5, 5.41) is 1.13. The molecule has 1 amide bonds. The number of ether oxygens (including phenoxy) is 1. The number of hydrogen-bond acceptors (Lipinski definition) is 5. The average molecular weight is 497 g/mol. The second-order valence-electron chi connectivity index (χ2n) is 9.54. The number of amides is 1. The molecule has 1 N–H and O–H groups in total. The molecule has 3 aromatic rings. The summed E-state index contributed by atoms with van der Waals surface area (Å²) in [4.78, 5) is 22.9. The molecule has 9 heteroatoms. The number of rotatable bonds is 5. The number of fused-ring (bicyclic) bond motifs is 1. The number of hydrogen-bond donors (Lipinski definition) is 1. The molecule has 1 atom stereocenters. The van der Waals surface area contributed by atoms with Crippen LogP contribution in [0.2, 0.25) is 0 Å². The fourth-order valence-electron chi connectivity index (χ4n) is 5.46. The number of aromatic nitrogens is 2. The summed E-state index contributed by atoms with van der Waals surface area (Å²) in [7, 11) is -2.31. The van der Waals surface area contributed by atoms with Gasteiger partial charge in [-0.2, -0.15) is 4.31 Å². The van der Waals surface area contributed by atoms with Gasteiger partial charge in [0.05, 0.1) is 7.11 Å². The smallest absolute Gasteiger partial charge is 0.253 e. The van der Waals surface area contributed by atoms with Gasteiger partial charge in [0.15, 0.2) is 0 Å². The van der Waals surface area contributed by atoms with Crippen molar-refractivity contribution in [3.63, 3.8) is 0 Å². The van der Waals surface area contributed by atoms with Crippen LogP contribution in [0.15, 0.2) is 47.6 Å². The highest BCUT2D eigenvalue weighted by Crippen LogP contribution is 2.35. The molecule has 0 aliphatic carbocycles. The predicted octanol–water partition coefficient (Wildman–Crippen LogP) is 4.15. The molecule has 8 nitrogen and oxygen atoms in total. The third-order valence-electron chi connectivity index (χ3n) is 7.44. The summed E-state index contributed by atoms with van der Waals surface area (Å²) in [5.41, 5.74) is 2.51. The Labute approximate surface area is 206 Å². The molecular formula is C26H32N4O4S. The SMILES string of the molecule is COc1ccc(C(=O)N2CCC(c3c[nH]c4ncccc34)CC2)cc1S(=O)(=O)N1CCCCC1C. The van der Waals surface area contributed by atoms with Crippen molar-refractivity contribution in [3.05, 3.63) is 53.9 Å². The zero-order chi connectivity index (χ0) is 24.6. The Morgan fingerprint density at radius 2 is 1.91 bits per heavy atom. The molecule has 4 heterocycles. The van der Waals surface area contributed by atoms with Crippen molar-refractivity contribution in [3.8, 4) is 5.75 Å². The summed E-state index contributed by atoms with van der Waals surface area (Å²) < 4.78 is 34.0. The van der Waals surface area contributed by atoms with E-state index in [1.54, 1.807) is 22.6 Å². The van der Waals surface area contributed by atoms with Gasteiger partial charge < -0.3 is 14.6 Å². The minimum Gasteiger partial charge on any atom is -0.495 e. The average Bonchev–Trinajstić information content (AvgIpc) is 3.32. The number of sulfonamides is 1. The highest BCUT2D eigenvalue weighted by atomic mass is 32.2. The lowest BCUT2D eigenvalue weighted by Crippen LogP contribution is -2.42. The maximum atomic E-state index is 13.5. The Morgan fingerprint density at radius 3 is 2.66 bits per heavy atom. The van der Waals surface area contributed by atoms with E-state index in [9.17, 15) is 13.2 Å². The molecule has 0 saturated carbocycles. The number of H-pyrrole nitrogens is 1. The fourth-order valence-corrected chi connectivity index (χ4v) is 7.34. The molecule has 0 spiro atoms. The number of nitrogens with zero attached hydrogens (tertiary/aromatic N) is 3. The Kier molecular flexibility index (Phi) is 6.55. The van der Waals surface area contributed by atoms with Crippen molar-refractivity contribution >= 4 is 27.0 Å². The van der Waals surface area contributed by atoms with E-state index in [1.165, 1.54) is 18.7 Å². The second kappa shape index (κ2) is 9.62. The molecule has 2 aromatic heterocycles. The summed E-state index contributed by atoms with van der Waals surface area (Å²) in [5.74, 6) is 0.477. The van der Waals surface area contributed by atoms with Crippen LogP contribution in [0, 0.1) is 0 Å². The van der Waals surface area contributed by atoms with Gasteiger partial charge in [0.25, 0.3) is 5.91 Å². The number of carbonyl (C=O) groups is 1. The van der Waals surface area contributed by atoms with Gasteiger partial charge in [-0.15, -0.1) is 0 Å². The Hall–Kier alpha value is -2.91. The second-order valence-corrected chi connectivity index (χ2v) is 11.4. The number of carbonyl (C=O) groups excluding carboxylic acids is 1. The summed E-state index contributed by atoms with van der Waals surface area (Å²) in [6, 6.07) is 8.70. The summed E-state index contributed by atoms with van der Waals surface area (Å²) in [6.45, 7) is 3.66. The maximum absolute atomic E-state index is 13.5. The minimum atomic E-state index is -3.77. The molecule has 35 heavy (non-hydrogen) atoms. The lowest BCUT2D eigenvalue weighted by molar-refractivity contribution is 0.0713. The van der Waals surface area contributed by atoms with E-state index in [1.807, 2.05) is 24.1 Å². The zero-order valence-corrected chi connectivity index (χ0v) is 21.1. The van der Waals surface area contributed by atoms with Crippen LogP contribution in [0.5, 0.6) is 5.75 Å². The topological polar surface area (TPSA) is 95.6 Å². The van der Waals surface area contributed by atoms with Crippen LogP contribution in [0.1, 0.15) is 60.9 Å². The van der Waals surface area contributed by atoms with Crippen LogP contribution in [-0.2, 0) is 10.0 Å². The van der Waals surface area contributed by atoms with E-state index in [0.29, 0.717) is 31.1 Å². The molecule has 0 radical (unpaired) electrons. The zero-order valence-electron chi connectivity index (χ0n) is 20.2. The van der Waals surface area contributed by atoms with Crippen LogP contribution < -0.4 is 4.74 Å². The van der Waals surface area contributed by atoms with E-state index < -0.39 is 10.0 Å². The van der Waals surface area contributed by atoms with Crippen molar-refractivity contribution < 1.29 is 17.9 Å². The van der Waals surface area contributed by atoms with Gasteiger partial charge in [0, 0.05) is 49.0 Å². The number of pyridine rings is 1. The molecule has 5 rings (SSSR count). The van der Waals surface area contributed by atoms with E-state index in [4.69, 9.17) is 4.74 Å². The maximum Gasteiger partial charge on any atom is 0.253 e. The number of methoxy groups -OCH3 is 1. The number of aromatic amines is 1. The van der Waals surface area contributed by atoms with E-state index in [0.717, 1.165) is 43.1 Å². The number of piperidine rings is 2. The van der Waals surface area contributed by atoms with Crippen molar-refractivity contribution in [1.29, 1.82) is 0 Å². The number of likely N-dealkylation sites (tertiary alicyclic amines) is 1. The van der Waals surface area contributed by atoms with Crippen LogP contribution in [0.4, 0.5) is 0 Å². The molecule has 2 saturated heterocycles. The monoisotopic (exact) mass is 496 g/mol. The summed E-state index contributed by atoms with van der Waals surface area (Å²) in [6.07, 6.45) is 8.20. The van der Waals surface area contributed by atoms with Crippen molar-refractivity contribution in [2.75, 3.05) is 26.7 Å². The predicted molar refractivity (Wildman–Crippen MR) is 134 cm³/mol. The first kappa shape index (κ1) is 23.8. The lowest BCUT2D eigenvalue weighted by Gasteiger charge is -2.33. The van der Waals surface area contributed by atoms with Crippen LogP contribution in [-0.4, -0.2) is 66.3 Å². The fraction of sp³-hybridized carbons (Fsp3) is 0.462. The number of nitrogens with one attached hydrogen (secondary N) is 1. The Morgan fingerprint density at radius 1 is 1.11 bits per heavy atom. The van der Waals surface area contributed by atoms with E-state index in [2.05, 4.69) is 16.0 Å². The third kappa shape index (κ3) is 4.43. The first-order valence-electron chi connectivity index (χ1n) is 12.3. The van der Waals surface area contributed by atoms with Gasteiger partial charge >= 0.3 is 0 Å². The van der Waals surface area contributed by atoms with Gasteiger partial charge in [-0.25, -0.2) is 13.4 Å². The van der Waals surface area contributed by atoms with Crippen LogP contribution in [0.3, 0.4) is 0 Å². The Balaban J connectivity index is 1.35. The van der Waals surface area contributed by atoms with Gasteiger partial charge in [-0.3, -0.25) is 4.79 Å². The van der Waals surface area contributed by atoms with Gasteiger partial charge in [-0.1, -0.05) is 6.42 Å². The molecular weight excluding hydrogens is 464 g/mol. The van der Waals surface area contributed by atoms with Gasteiger partial charge in [-0.05, 0) is 74.4 Å². The highest BCUT2D eigenvalue weighted by molar-refractivity contribution is 7.89. The Bertz CT molecular complexity index is 1330. The number of benzene rings is 1. The standard InChI is InChI=1S/C26H32N4O4S/c1-18-6-3-4-13-30(18)35(32,33)24-16-20(8-9-23(24)34-2)26(31)29-14-10-19(11-15-29)22-17-28-25-21(22)7-5-12-27-25/h5,7-9,12,16-19H,3-4,6,10-11,13-15H2,1-2H3,(H,27,28). The normalized spacial score (nSPS) is 20.3. The molecule has 2 fully saturated rings. The molecule has 1 unspecified atom stereocenters. The largest absolute Gasteiger partial charge is 0.495 e. The van der Waals surface area contributed by atoms with Crippen LogP contribution in [0.25, 0.3) is 11.0 Å². The van der Waals surface area contributed by atoms with Crippen molar-refractivity contribution in [1.82, 2.24) is 19.2 Å².